The zero-order valence-electron chi connectivity index (χ0n) is 15.2. The van der Waals surface area contributed by atoms with Crippen LogP contribution < -0.4 is 10.9 Å². The third kappa shape index (κ3) is 4.03. The largest absolute Gasteiger partial charge is 0.321 e. The number of hydrazone groups is 1. The number of nitrogens with zero attached hydrogens (tertiary/aromatic N) is 3. The van der Waals surface area contributed by atoms with Crippen LogP contribution in [0.1, 0.15) is 18.4 Å². The average Bonchev–Trinajstić information content (AvgIpc) is 2.72. The molecule has 0 atom stereocenters. The molecule has 8 nitrogen and oxygen atoms in total. The Kier molecular flexibility index (Phi) is 4.86. The van der Waals surface area contributed by atoms with Gasteiger partial charge in [-0.05, 0) is 35.9 Å². The second-order valence-corrected chi connectivity index (χ2v) is 6.54. The maximum Gasteiger partial charge on any atom is 0.271 e. The van der Waals surface area contributed by atoms with Gasteiger partial charge in [0.1, 0.15) is 11.5 Å². The highest BCUT2D eigenvalue weighted by Crippen LogP contribution is 2.17. The number of halogens is 1. The number of hydrogen-bond acceptors (Lipinski definition) is 5. The summed E-state index contributed by atoms with van der Waals surface area (Å²) in [7, 11) is 0. The molecule has 2 aromatic carbocycles. The second kappa shape index (κ2) is 7.63. The maximum atomic E-state index is 13.1. The van der Waals surface area contributed by atoms with Gasteiger partial charge >= 0.3 is 0 Å². The van der Waals surface area contributed by atoms with E-state index in [1.807, 2.05) is 0 Å². The predicted molar refractivity (Wildman–Crippen MR) is 105 cm³/mol. The molecule has 2 amide bonds. The Morgan fingerprint density at radius 1 is 1.14 bits per heavy atom. The molecule has 0 radical (unpaired) electrons. The van der Waals surface area contributed by atoms with E-state index in [2.05, 4.69) is 20.4 Å². The third-order valence-corrected chi connectivity index (χ3v) is 4.51. The number of aromatic nitrogens is 2. The van der Waals surface area contributed by atoms with Crippen molar-refractivity contribution in [2.24, 2.45) is 5.10 Å². The minimum Gasteiger partial charge on any atom is -0.321 e. The van der Waals surface area contributed by atoms with Crippen molar-refractivity contribution in [1.29, 1.82) is 0 Å². The smallest absolute Gasteiger partial charge is 0.271 e. The number of nitrogens with one attached hydrogen (secondary N) is 2. The molecule has 1 aromatic heterocycles. The molecule has 0 fully saturated rings. The van der Waals surface area contributed by atoms with E-state index in [0.29, 0.717) is 22.2 Å². The lowest BCUT2D eigenvalue weighted by molar-refractivity contribution is -0.132. The molecule has 0 saturated carbocycles. The van der Waals surface area contributed by atoms with Gasteiger partial charge in [-0.3, -0.25) is 14.4 Å². The van der Waals surface area contributed by atoms with Crippen LogP contribution in [0, 0.1) is 5.82 Å². The van der Waals surface area contributed by atoms with Crippen LogP contribution in [0.5, 0.6) is 0 Å². The fourth-order valence-corrected chi connectivity index (χ4v) is 3.00. The zero-order valence-corrected chi connectivity index (χ0v) is 15.2. The lowest BCUT2D eigenvalue weighted by Gasteiger charge is -2.23. The molecule has 0 unspecified atom stereocenters. The van der Waals surface area contributed by atoms with Gasteiger partial charge < -0.3 is 10.3 Å². The molecule has 3 aromatic rings. The number of anilines is 1. The normalized spacial score (nSPS) is 14.0. The van der Waals surface area contributed by atoms with Crippen molar-refractivity contribution in [3.63, 3.8) is 0 Å². The number of hydrogen-bond donors (Lipinski definition) is 2. The van der Waals surface area contributed by atoms with Crippen LogP contribution in [0.4, 0.5) is 10.1 Å². The standard InChI is InChI=1S/C20H16FN5O3/c21-13-3-1-12(2-4-13)10-26-18(27)8-7-17(25-26)20(29)24-14-5-6-16-15(9-14)19(28)23-11-22-16/h1-6,9,11H,7-8,10H2,(H,24,29)(H,22,23,28). The van der Waals surface area contributed by atoms with E-state index in [1.165, 1.54) is 29.5 Å². The molecule has 0 spiro atoms. The summed E-state index contributed by atoms with van der Waals surface area (Å²) in [6.45, 7) is 0.146. The summed E-state index contributed by atoms with van der Waals surface area (Å²) in [5.74, 6) is -1.04. The van der Waals surface area contributed by atoms with Gasteiger partial charge in [-0.25, -0.2) is 14.4 Å². The van der Waals surface area contributed by atoms with Crippen LogP contribution >= 0.6 is 0 Å². The molecule has 2 heterocycles. The first kappa shape index (κ1) is 18.5. The Hall–Kier alpha value is -3.88. The first-order chi connectivity index (χ1) is 14.0. The van der Waals surface area contributed by atoms with Crippen LogP contribution in [-0.4, -0.2) is 32.5 Å². The second-order valence-electron chi connectivity index (χ2n) is 6.54. The van der Waals surface area contributed by atoms with Gasteiger partial charge in [0.05, 0.1) is 23.8 Å². The van der Waals surface area contributed by atoms with Crippen molar-refractivity contribution in [2.45, 2.75) is 19.4 Å². The van der Waals surface area contributed by atoms with Gasteiger partial charge in [0.15, 0.2) is 0 Å². The summed E-state index contributed by atoms with van der Waals surface area (Å²) in [4.78, 5) is 43.2. The van der Waals surface area contributed by atoms with Crippen LogP contribution in [0.15, 0.2) is 58.7 Å². The Bertz CT molecular complexity index is 1190. The SMILES string of the molecule is O=C(Nc1ccc2nc[nH]c(=O)c2c1)C1=NN(Cc2ccc(F)cc2)C(=O)CC1. The minimum absolute atomic E-state index is 0.146. The van der Waals surface area contributed by atoms with Crippen molar-refractivity contribution in [3.8, 4) is 0 Å². The molecule has 146 valence electrons. The highest BCUT2D eigenvalue weighted by molar-refractivity contribution is 6.43. The fraction of sp³-hybridized carbons (Fsp3) is 0.150. The van der Waals surface area contributed by atoms with Crippen LogP contribution in [0.3, 0.4) is 0 Å². The van der Waals surface area contributed by atoms with E-state index >= 15 is 0 Å². The number of amides is 2. The Labute approximate surface area is 164 Å². The number of carbonyl (C=O) groups is 2. The van der Waals surface area contributed by atoms with Crippen molar-refractivity contribution in [2.75, 3.05) is 5.32 Å². The van der Waals surface area contributed by atoms with E-state index in [-0.39, 0.29) is 42.4 Å². The Morgan fingerprint density at radius 3 is 2.72 bits per heavy atom. The molecule has 2 N–H and O–H groups in total. The molecule has 0 saturated heterocycles. The van der Waals surface area contributed by atoms with Crippen molar-refractivity contribution in [3.05, 3.63) is 70.5 Å². The quantitative estimate of drug-likeness (QED) is 0.708. The van der Waals surface area contributed by atoms with Gasteiger partial charge in [0, 0.05) is 18.5 Å². The topological polar surface area (TPSA) is 108 Å². The predicted octanol–water partition coefficient (Wildman–Crippen LogP) is 2.18. The minimum atomic E-state index is -0.457. The Morgan fingerprint density at radius 2 is 1.93 bits per heavy atom. The highest BCUT2D eigenvalue weighted by Gasteiger charge is 2.24. The molecule has 4 rings (SSSR count). The van der Waals surface area contributed by atoms with E-state index in [9.17, 15) is 18.8 Å². The summed E-state index contributed by atoms with van der Waals surface area (Å²) < 4.78 is 13.1. The zero-order chi connectivity index (χ0) is 20.4. The highest BCUT2D eigenvalue weighted by atomic mass is 19.1. The van der Waals surface area contributed by atoms with Crippen LogP contribution in [0.2, 0.25) is 0 Å². The average molecular weight is 393 g/mol. The summed E-state index contributed by atoms with van der Waals surface area (Å²) in [5, 5.41) is 8.43. The summed E-state index contributed by atoms with van der Waals surface area (Å²) in [6, 6.07) is 10.5. The molecule has 1 aliphatic heterocycles. The first-order valence-corrected chi connectivity index (χ1v) is 8.91. The summed E-state index contributed by atoms with van der Waals surface area (Å²) in [5.41, 5.74) is 1.53. The summed E-state index contributed by atoms with van der Waals surface area (Å²) in [6.07, 6.45) is 1.67. The van der Waals surface area contributed by atoms with Gasteiger partial charge in [0.25, 0.3) is 11.5 Å². The van der Waals surface area contributed by atoms with E-state index in [4.69, 9.17) is 0 Å². The number of fused-ring (bicyclic) bond motifs is 1. The molecule has 1 aliphatic rings. The van der Waals surface area contributed by atoms with Crippen LogP contribution in [-0.2, 0) is 16.1 Å². The van der Waals surface area contributed by atoms with Gasteiger partial charge in [-0.1, -0.05) is 12.1 Å². The third-order valence-electron chi connectivity index (χ3n) is 4.51. The van der Waals surface area contributed by atoms with E-state index in [0.717, 1.165) is 0 Å². The lowest BCUT2D eigenvalue weighted by atomic mass is 10.1. The fourth-order valence-electron chi connectivity index (χ4n) is 3.00. The van der Waals surface area contributed by atoms with Gasteiger partial charge in [-0.15, -0.1) is 0 Å². The molecular formula is C20H16FN5O3. The van der Waals surface area contributed by atoms with Crippen molar-refractivity contribution >= 4 is 34.1 Å². The van der Waals surface area contributed by atoms with Crippen molar-refractivity contribution < 1.29 is 14.0 Å². The maximum absolute atomic E-state index is 13.1. The number of rotatable bonds is 4. The van der Waals surface area contributed by atoms with Crippen LogP contribution in [0.25, 0.3) is 10.9 Å². The number of H-pyrrole nitrogens is 1. The molecule has 9 heteroatoms. The van der Waals surface area contributed by atoms with Gasteiger partial charge in [0.2, 0.25) is 5.91 Å². The summed E-state index contributed by atoms with van der Waals surface area (Å²) >= 11 is 0. The van der Waals surface area contributed by atoms with Gasteiger partial charge in [-0.2, -0.15) is 5.10 Å². The van der Waals surface area contributed by atoms with E-state index < -0.39 is 5.91 Å². The molecule has 0 bridgehead atoms. The molecule has 0 aliphatic carbocycles. The Balaban J connectivity index is 1.53. The number of carbonyl (C=O) groups excluding carboxylic acids is 2. The molecule has 29 heavy (non-hydrogen) atoms. The lowest BCUT2D eigenvalue weighted by Crippen LogP contribution is -2.36. The monoisotopic (exact) mass is 393 g/mol. The number of benzene rings is 2. The molecular weight excluding hydrogens is 377 g/mol. The first-order valence-electron chi connectivity index (χ1n) is 8.91. The van der Waals surface area contributed by atoms with Crippen molar-refractivity contribution in [1.82, 2.24) is 15.0 Å². The van der Waals surface area contributed by atoms with E-state index in [1.54, 1.807) is 24.3 Å². The number of aromatic amines is 1.